The van der Waals surface area contributed by atoms with Gasteiger partial charge in [0.25, 0.3) is 0 Å². The van der Waals surface area contributed by atoms with E-state index in [-0.39, 0.29) is 17.6 Å². The van der Waals surface area contributed by atoms with Gasteiger partial charge in [0, 0.05) is 31.6 Å². The van der Waals surface area contributed by atoms with E-state index in [1.54, 1.807) is 4.90 Å². The summed E-state index contributed by atoms with van der Waals surface area (Å²) >= 11 is 0. The normalized spacial score (nSPS) is 27.8. The zero-order valence-corrected chi connectivity index (χ0v) is 10.8. The third-order valence-electron chi connectivity index (χ3n) is 3.49. The van der Waals surface area contributed by atoms with Gasteiger partial charge in [0.05, 0.1) is 6.10 Å². The number of likely N-dealkylation sites (tertiary alicyclic amines) is 1. The van der Waals surface area contributed by atoms with Crippen molar-refractivity contribution < 1.29 is 14.6 Å². The van der Waals surface area contributed by atoms with Crippen LogP contribution in [0.4, 0.5) is 4.79 Å². The second kappa shape index (κ2) is 4.14. The lowest BCUT2D eigenvalue weighted by Crippen LogP contribution is -2.68. The van der Waals surface area contributed by atoms with Gasteiger partial charge >= 0.3 is 6.09 Å². The molecule has 0 radical (unpaired) electrons. The number of carbonyl (C=O) groups excluding carboxylic acids is 1. The van der Waals surface area contributed by atoms with Crippen molar-refractivity contribution in [2.45, 2.75) is 38.9 Å². The Morgan fingerprint density at radius 1 is 1.47 bits per heavy atom. The van der Waals surface area contributed by atoms with Crippen molar-refractivity contribution >= 4 is 6.09 Å². The Hall–Kier alpha value is -0.810. The molecule has 0 aliphatic carbocycles. The summed E-state index contributed by atoms with van der Waals surface area (Å²) in [6.45, 7) is 8.34. The van der Waals surface area contributed by atoms with Crippen LogP contribution >= 0.6 is 0 Å². The van der Waals surface area contributed by atoms with Gasteiger partial charge in [-0.3, -0.25) is 0 Å². The fraction of sp³-hybridized carbons (Fsp3) is 0.917. The van der Waals surface area contributed by atoms with Gasteiger partial charge in [-0.2, -0.15) is 0 Å². The van der Waals surface area contributed by atoms with Gasteiger partial charge in [-0.25, -0.2) is 4.79 Å². The minimum absolute atomic E-state index is 0.144. The van der Waals surface area contributed by atoms with Crippen LogP contribution in [-0.2, 0) is 4.74 Å². The molecule has 2 saturated heterocycles. The maximum Gasteiger partial charge on any atom is 0.410 e. The van der Waals surface area contributed by atoms with E-state index in [1.165, 1.54) is 0 Å². The van der Waals surface area contributed by atoms with Gasteiger partial charge in [0.15, 0.2) is 0 Å². The second-order valence-corrected chi connectivity index (χ2v) is 6.17. The van der Waals surface area contributed by atoms with Crippen molar-refractivity contribution in [3.05, 3.63) is 0 Å². The summed E-state index contributed by atoms with van der Waals surface area (Å²) in [7, 11) is 0. The molecule has 0 aromatic rings. The lowest BCUT2D eigenvalue weighted by molar-refractivity contribution is -0.0779. The molecule has 2 rings (SSSR count). The summed E-state index contributed by atoms with van der Waals surface area (Å²) in [5.74, 6) is 0. The molecule has 1 atom stereocenters. The molecule has 17 heavy (non-hydrogen) atoms. The maximum atomic E-state index is 11.9. The fourth-order valence-corrected chi connectivity index (χ4v) is 2.42. The lowest BCUT2D eigenvalue weighted by atomic mass is 9.72. The largest absolute Gasteiger partial charge is 0.444 e. The van der Waals surface area contributed by atoms with Gasteiger partial charge in [0.2, 0.25) is 0 Å². The molecule has 1 amide bonds. The highest BCUT2D eigenvalue weighted by atomic mass is 16.6. The molecule has 2 fully saturated rings. The zero-order chi connectivity index (χ0) is 12.7. The highest BCUT2D eigenvalue weighted by Crippen LogP contribution is 2.34. The Morgan fingerprint density at radius 3 is 2.59 bits per heavy atom. The summed E-state index contributed by atoms with van der Waals surface area (Å²) in [4.78, 5) is 13.7. The summed E-state index contributed by atoms with van der Waals surface area (Å²) in [6.07, 6.45) is 0.0686. The average Bonchev–Trinajstić information content (AvgIpc) is 2.13. The van der Waals surface area contributed by atoms with Crippen LogP contribution in [0.15, 0.2) is 0 Å². The summed E-state index contributed by atoms with van der Waals surface area (Å²) in [5, 5.41) is 13.2. The first-order chi connectivity index (χ1) is 7.82. The molecule has 0 bridgehead atoms. The first-order valence-corrected chi connectivity index (χ1v) is 6.19. The molecule has 0 aromatic carbocycles. The van der Waals surface area contributed by atoms with Crippen LogP contribution in [0.25, 0.3) is 0 Å². The molecule has 1 spiro atoms. The Morgan fingerprint density at radius 2 is 2.12 bits per heavy atom. The fourth-order valence-electron chi connectivity index (χ4n) is 2.42. The number of ether oxygens (including phenoxy) is 1. The van der Waals surface area contributed by atoms with Crippen LogP contribution in [-0.4, -0.2) is 54.0 Å². The molecule has 0 aromatic heterocycles. The molecular weight excluding hydrogens is 220 g/mol. The number of aliphatic hydroxyl groups excluding tert-OH is 1. The van der Waals surface area contributed by atoms with Crippen molar-refractivity contribution in [3.63, 3.8) is 0 Å². The number of amides is 1. The van der Waals surface area contributed by atoms with Gasteiger partial charge in [-0.05, 0) is 27.2 Å². The molecule has 98 valence electrons. The van der Waals surface area contributed by atoms with Crippen LogP contribution in [0, 0.1) is 5.41 Å². The molecule has 2 aliphatic rings. The first-order valence-electron chi connectivity index (χ1n) is 6.19. The van der Waals surface area contributed by atoms with Crippen molar-refractivity contribution in [3.8, 4) is 0 Å². The Labute approximate surface area is 102 Å². The SMILES string of the molecule is CC(C)(C)OC(=O)N1CCC(O)C2(CNC2)C1. The van der Waals surface area contributed by atoms with E-state index in [0.29, 0.717) is 19.5 Å². The number of carbonyl (C=O) groups is 1. The predicted molar refractivity (Wildman–Crippen MR) is 63.7 cm³/mol. The van der Waals surface area contributed by atoms with Crippen LogP contribution in [0.1, 0.15) is 27.2 Å². The average molecular weight is 242 g/mol. The van der Waals surface area contributed by atoms with Gasteiger partial charge in [-0.1, -0.05) is 0 Å². The molecule has 0 saturated carbocycles. The Balaban J connectivity index is 1.97. The van der Waals surface area contributed by atoms with E-state index < -0.39 is 5.60 Å². The van der Waals surface area contributed by atoms with Crippen LogP contribution < -0.4 is 5.32 Å². The third-order valence-corrected chi connectivity index (χ3v) is 3.49. The minimum Gasteiger partial charge on any atom is -0.444 e. The van der Waals surface area contributed by atoms with Gasteiger partial charge in [-0.15, -0.1) is 0 Å². The van der Waals surface area contributed by atoms with Crippen LogP contribution in [0.3, 0.4) is 0 Å². The van der Waals surface area contributed by atoms with Gasteiger partial charge in [0.1, 0.15) is 5.60 Å². The molecular formula is C12H22N2O3. The number of hydrogen-bond donors (Lipinski definition) is 2. The minimum atomic E-state index is -0.460. The lowest BCUT2D eigenvalue weighted by Gasteiger charge is -2.51. The van der Waals surface area contributed by atoms with E-state index in [2.05, 4.69) is 5.32 Å². The smallest absolute Gasteiger partial charge is 0.410 e. The molecule has 5 nitrogen and oxygen atoms in total. The maximum absolute atomic E-state index is 11.9. The number of rotatable bonds is 0. The molecule has 2 N–H and O–H groups in total. The van der Waals surface area contributed by atoms with Crippen LogP contribution in [0.5, 0.6) is 0 Å². The highest BCUT2D eigenvalue weighted by molar-refractivity contribution is 5.68. The van der Waals surface area contributed by atoms with E-state index in [9.17, 15) is 9.90 Å². The van der Waals surface area contributed by atoms with E-state index in [4.69, 9.17) is 4.74 Å². The summed E-state index contributed by atoms with van der Waals surface area (Å²) in [6, 6.07) is 0. The van der Waals surface area contributed by atoms with E-state index in [0.717, 1.165) is 13.1 Å². The van der Waals surface area contributed by atoms with Crippen LogP contribution in [0.2, 0.25) is 0 Å². The number of hydrogen-bond acceptors (Lipinski definition) is 4. The first kappa shape index (κ1) is 12.6. The standard InChI is InChI=1S/C12H22N2O3/c1-11(2,3)17-10(16)14-5-4-9(15)12(8-14)6-13-7-12/h9,13,15H,4-8H2,1-3H3. The topological polar surface area (TPSA) is 61.8 Å². The zero-order valence-electron chi connectivity index (χ0n) is 10.8. The predicted octanol–water partition coefficient (Wildman–Crippen LogP) is 0.578. The number of nitrogens with zero attached hydrogens (tertiary/aromatic N) is 1. The number of nitrogens with one attached hydrogen (secondary N) is 1. The second-order valence-electron chi connectivity index (χ2n) is 6.17. The van der Waals surface area contributed by atoms with E-state index in [1.807, 2.05) is 20.8 Å². The molecule has 1 unspecified atom stereocenters. The quantitative estimate of drug-likeness (QED) is 0.652. The van der Waals surface area contributed by atoms with Crippen molar-refractivity contribution in [2.24, 2.45) is 5.41 Å². The Bertz CT molecular complexity index is 307. The van der Waals surface area contributed by atoms with Crippen molar-refractivity contribution in [1.29, 1.82) is 0 Å². The summed E-state index contributed by atoms with van der Waals surface area (Å²) in [5.41, 5.74) is -0.604. The number of aliphatic hydroxyl groups is 1. The molecule has 2 heterocycles. The van der Waals surface area contributed by atoms with Gasteiger partial charge < -0.3 is 20.1 Å². The Kier molecular flexibility index (Phi) is 3.08. The highest BCUT2D eigenvalue weighted by Gasteiger charge is 2.48. The van der Waals surface area contributed by atoms with Crippen molar-refractivity contribution in [2.75, 3.05) is 26.2 Å². The monoisotopic (exact) mass is 242 g/mol. The number of piperidine rings is 1. The third kappa shape index (κ3) is 2.55. The van der Waals surface area contributed by atoms with Crippen molar-refractivity contribution in [1.82, 2.24) is 10.2 Å². The summed E-state index contributed by atoms with van der Waals surface area (Å²) < 4.78 is 5.36. The molecule has 2 aliphatic heterocycles. The van der Waals surface area contributed by atoms with E-state index >= 15 is 0 Å². The molecule has 5 heteroatoms.